The summed E-state index contributed by atoms with van der Waals surface area (Å²) in [6, 6.07) is 9.72. The first-order chi connectivity index (χ1) is 7.00. The molecule has 0 nitrogen and oxygen atoms in total. The summed E-state index contributed by atoms with van der Waals surface area (Å²) in [6.07, 6.45) is -4.27. The van der Waals surface area contributed by atoms with Gasteiger partial charge in [-0.1, -0.05) is 30.3 Å². The van der Waals surface area contributed by atoms with Crippen LogP contribution in [0.5, 0.6) is 0 Å². The molecule has 0 saturated heterocycles. The second-order valence-corrected chi connectivity index (χ2v) is 3.46. The Bertz CT molecular complexity index is 498. The zero-order valence-electron chi connectivity index (χ0n) is 8.10. The van der Waals surface area contributed by atoms with Crippen molar-refractivity contribution in [3.8, 4) is 0 Å². The van der Waals surface area contributed by atoms with Crippen molar-refractivity contribution in [3.63, 3.8) is 0 Å². The molecule has 78 valence electrons. The second kappa shape index (κ2) is 3.26. The van der Waals surface area contributed by atoms with E-state index in [-0.39, 0.29) is 0 Å². The van der Waals surface area contributed by atoms with Gasteiger partial charge in [0.25, 0.3) is 0 Å². The van der Waals surface area contributed by atoms with Gasteiger partial charge in [0.1, 0.15) is 0 Å². The molecule has 3 heteroatoms. The molecule has 0 unspecified atom stereocenters. The third kappa shape index (κ3) is 1.69. The minimum atomic E-state index is -4.27. The minimum absolute atomic E-state index is 0.292. The zero-order valence-corrected chi connectivity index (χ0v) is 8.10. The summed E-state index contributed by atoms with van der Waals surface area (Å²) in [5.74, 6) is 0. The van der Waals surface area contributed by atoms with E-state index in [4.69, 9.17) is 0 Å². The predicted octanol–water partition coefficient (Wildman–Crippen LogP) is 4.17. The monoisotopic (exact) mass is 210 g/mol. The van der Waals surface area contributed by atoms with Crippen LogP contribution < -0.4 is 0 Å². The highest BCUT2D eigenvalue weighted by atomic mass is 19.4. The van der Waals surface area contributed by atoms with Gasteiger partial charge in [-0.25, -0.2) is 0 Å². The summed E-state index contributed by atoms with van der Waals surface area (Å²) in [4.78, 5) is 0. The average Bonchev–Trinajstić information content (AvgIpc) is 2.16. The summed E-state index contributed by atoms with van der Waals surface area (Å²) < 4.78 is 37.7. The molecule has 0 aliphatic rings. The van der Waals surface area contributed by atoms with E-state index < -0.39 is 11.7 Å². The van der Waals surface area contributed by atoms with Gasteiger partial charge in [0, 0.05) is 0 Å². The molecule has 0 heterocycles. The Hall–Kier alpha value is -1.51. The molecule has 0 radical (unpaired) electrons. The lowest BCUT2D eigenvalue weighted by atomic mass is 10.00. The lowest BCUT2D eigenvalue weighted by molar-refractivity contribution is -0.137. The molecular weight excluding hydrogens is 201 g/mol. The summed E-state index contributed by atoms with van der Waals surface area (Å²) in [5.41, 5.74) is -0.262. The van der Waals surface area contributed by atoms with Gasteiger partial charge in [0.2, 0.25) is 0 Å². The molecule has 0 spiro atoms. The van der Waals surface area contributed by atoms with E-state index in [9.17, 15) is 13.2 Å². The van der Waals surface area contributed by atoms with Crippen molar-refractivity contribution in [1.82, 2.24) is 0 Å². The maximum Gasteiger partial charge on any atom is 0.416 e. The summed E-state index contributed by atoms with van der Waals surface area (Å²) >= 11 is 0. The number of alkyl halides is 3. The Labute approximate surface area is 85.3 Å². The Kier molecular flexibility index (Phi) is 2.18. The molecule has 2 aromatic rings. The van der Waals surface area contributed by atoms with Gasteiger partial charge in [-0.05, 0) is 29.3 Å². The zero-order chi connectivity index (χ0) is 11.1. The maximum atomic E-state index is 12.6. The first-order valence-corrected chi connectivity index (χ1v) is 4.55. The average molecular weight is 210 g/mol. The number of fused-ring (bicyclic) bond motifs is 1. The van der Waals surface area contributed by atoms with Crippen LogP contribution in [0.15, 0.2) is 36.4 Å². The van der Waals surface area contributed by atoms with Crippen LogP contribution in [0.4, 0.5) is 13.2 Å². The molecule has 0 fully saturated rings. The van der Waals surface area contributed by atoms with Crippen molar-refractivity contribution in [2.24, 2.45) is 0 Å². The first kappa shape index (κ1) is 10.0. The standard InChI is InChI=1S/C12H9F3/c1-8-10-5-3-2-4-9(10)6-7-11(8)12(13,14)15/h2-7H,1H3. The summed E-state index contributed by atoms with van der Waals surface area (Å²) in [7, 11) is 0. The molecule has 0 aliphatic heterocycles. The Morgan fingerprint density at radius 1 is 0.933 bits per heavy atom. The van der Waals surface area contributed by atoms with Crippen LogP contribution in [0.1, 0.15) is 11.1 Å². The largest absolute Gasteiger partial charge is 0.416 e. The molecule has 2 aromatic carbocycles. The smallest absolute Gasteiger partial charge is 0.166 e. The molecule has 0 amide bonds. The van der Waals surface area contributed by atoms with Crippen molar-refractivity contribution in [3.05, 3.63) is 47.5 Å². The van der Waals surface area contributed by atoms with E-state index in [1.54, 1.807) is 12.1 Å². The number of halogens is 3. The van der Waals surface area contributed by atoms with E-state index in [0.29, 0.717) is 10.9 Å². The van der Waals surface area contributed by atoms with Crippen LogP contribution in [-0.4, -0.2) is 0 Å². The third-order valence-corrected chi connectivity index (χ3v) is 2.50. The maximum absolute atomic E-state index is 12.6. The van der Waals surface area contributed by atoms with Crippen molar-refractivity contribution in [2.75, 3.05) is 0 Å². The van der Waals surface area contributed by atoms with E-state index in [0.717, 1.165) is 11.5 Å². The van der Waals surface area contributed by atoms with Crippen LogP contribution in [0, 0.1) is 6.92 Å². The topological polar surface area (TPSA) is 0 Å². The number of hydrogen-bond acceptors (Lipinski definition) is 0. The molecule has 0 aliphatic carbocycles. The quantitative estimate of drug-likeness (QED) is 0.612. The number of benzene rings is 2. The van der Waals surface area contributed by atoms with Gasteiger partial charge in [0.05, 0.1) is 5.56 Å². The van der Waals surface area contributed by atoms with Crippen molar-refractivity contribution < 1.29 is 13.2 Å². The van der Waals surface area contributed by atoms with Crippen LogP contribution in [0.2, 0.25) is 0 Å². The highest BCUT2D eigenvalue weighted by Crippen LogP contribution is 2.34. The Morgan fingerprint density at radius 3 is 2.27 bits per heavy atom. The fourth-order valence-corrected chi connectivity index (χ4v) is 1.73. The van der Waals surface area contributed by atoms with Crippen LogP contribution in [-0.2, 0) is 6.18 Å². The SMILES string of the molecule is Cc1c(C(F)(F)F)ccc2ccccc12. The molecule has 0 atom stereocenters. The highest BCUT2D eigenvalue weighted by molar-refractivity contribution is 5.86. The second-order valence-electron chi connectivity index (χ2n) is 3.46. The van der Waals surface area contributed by atoms with Crippen molar-refractivity contribution in [2.45, 2.75) is 13.1 Å². The van der Waals surface area contributed by atoms with E-state index in [1.807, 2.05) is 12.1 Å². The highest BCUT2D eigenvalue weighted by Gasteiger charge is 2.32. The minimum Gasteiger partial charge on any atom is -0.166 e. The molecule has 0 bridgehead atoms. The fraction of sp³-hybridized carbons (Fsp3) is 0.167. The molecule has 0 aromatic heterocycles. The van der Waals surface area contributed by atoms with Crippen molar-refractivity contribution in [1.29, 1.82) is 0 Å². The number of hydrogen-bond donors (Lipinski definition) is 0. The van der Waals surface area contributed by atoms with Gasteiger partial charge >= 0.3 is 6.18 Å². The lowest BCUT2D eigenvalue weighted by Gasteiger charge is -2.12. The Balaban J connectivity index is 2.76. The fourth-order valence-electron chi connectivity index (χ4n) is 1.73. The van der Waals surface area contributed by atoms with E-state index in [1.165, 1.54) is 13.0 Å². The van der Waals surface area contributed by atoms with Crippen LogP contribution in [0.3, 0.4) is 0 Å². The molecule has 0 N–H and O–H groups in total. The normalized spacial score (nSPS) is 12.0. The van der Waals surface area contributed by atoms with Gasteiger partial charge in [-0.15, -0.1) is 0 Å². The van der Waals surface area contributed by atoms with Gasteiger partial charge in [0.15, 0.2) is 0 Å². The third-order valence-electron chi connectivity index (χ3n) is 2.50. The lowest BCUT2D eigenvalue weighted by Crippen LogP contribution is -2.07. The summed E-state index contributed by atoms with van der Waals surface area (Å²) in [6.45, 7) is 1.51. The molecular formula is C12H9F3. The predicted molar refractivity (Wildman–Crippen MR) is 53.7 cm³/mol. The van der Waals surface area contributed by atoms with E-state index in [2.05, 4.69) is 0 Å². The molecule has 0 saturated carbocycles. The van der Waals surface area contributed by atoms with E-state index >= 15 is 0 Å². The number of aryl methyl sites for hydroxylation is 1. The Morgan fingerprint density at radius 2 is 1.60 bits per heavy atom. The van der Waals surface area contributed by atoms with Gasteiger partial charge in [-0.3, -0.25) is 0 Å². The number of rotatable bonds is 0. The van der Waals surface area contributed by atoms with Gasteiger partial charge < -0.3 is 0 Å². The first-order valence-electron chi connectivity index (χ1n) is 4.55. The van der Waals surface area contributed by atoms with Crippen LogP contribution >= 0.6 is 0 Å². The van der Waals surface area contributed by atoms with Crippen LogP contribution in [0.25, 0.3) is 10.8 Å². The van der Waals surface area contributed by atoms with Gasteiger partial charge in [-0.2, -0.15) is 13.2 Å². The molecule has 15 heavy (non-hydrogen) atoms. The van der Waals surface area contributed by atoms with Crippen molar-refractivity contribution >= 4 is 10.8 Å². The molecule has 2 rings (SSSR count). The summed E-state index contributed by atoms with van der Waals surface area (Å²) in [5, 5.41) is 1.50.